The Morgan fingerprint density at radius 1 is 1.29 bits per heavy atom. The molecule has 0 aromatic carbocycles. The van der Waals surface area contributed by atoms with E-state index in [4.69, 9.17) is 19.7 Å². The number of carbonyl (C=O) groups is 2. The summed E-state index contributed by atoms with van der Waals surface area (Å²) in [6.07, 6.45) is -0.0887. The van der Waals surface area contributed by atoms with Gasteiger partial charge in [-0.25, -0.2) is 0 Å². The van der Waals surface area contributed by atoms with E-state index in [0.717, 1.165) is 0 Å². The second-order valence-electron chi connectivity index (χ2n) is 4.01. The van der Waals surface area contributed by atoms with Crippen molar-refractivity contribution in [3.05, 3.63) is 0 Å². The van der Waals surface area contributed by atoms with E-state index in [0.29, 0.717) is 13.1 Å². The summed E-state index contributed by atoms with van der Waals surface area (Å²) >= 11 is 0. The molecule has 1 aliphatic heterocycles. The number of methoxy groups -OCH3 is 2. The number of carboxylic acid groups (broad SMARTS) is 2. The molecule has 0 aromatic heterocycles. The molecular weight excluding hydrogens is 230 g/mol. The van der Waals surface area contributed by atoms with Crippen LogP contribution in [0.4, 0.5) is 0 Å². The number of ether oxygens (including phenoxy) is 2. The molecule has 7 heteroatoms. The lowest BCUT2D eigenvalue weighted by Crippen LogP contribution is -2.67. The Bertz CT molecular complexity index is 293. The van der Waals surface area contributed by atoms with Crippen molar-refractivity contribution >= 4 is 11.9 Å². The predicted molar refractivity (Wildman–Crippen MR) is 56.6 cm³/mol. The molecule has 1 aliphatic rings. The number of hydrogen-bond donors (Lipinski definition) is 2. The molecular formula is C10H17NO6. The molecule has 0 bridgehead atoms. The summed E-state index contributed by atoms with van der Waals surface area (Å²) in [5.41, 5.74) is 0. The van der Waals surface area contributed by atoms with Crippen molar-refractivity contribution in [3.63, 3.8) is 0 Å². The fraction of sp³-hybridized carbons (Fsp3) is 0.800. The van der Waals surface area contributed by atoms with Gasteiger partial charge < -0.3 is 19.7 Å². The maximum atomic E-state index is 11.0. The van der Waals surface area contributed by atoms with Gasteiger partial charge in [0.2, 0.25) is 0 Å². The van der Waals surface area contributed by atoms with Gasteiger partial charge >= 0.3 is 11.9 Å². The van der Waals surface area contributed by atoms with Crippen LogP contribution in [0.3, 0.4) is 0 Å². The Morgan fingerprint density at radius 2 is 1.82 bits per heavy atom. The van der Waals surface area contributed by atoms with Gasteiger partial charge in [0.1, 0.15) is 6.04 Å². The third kappa shape index (κ3) is 3.15. The maximum absolute atomic E-state index is 11.0. The fourth-order valence-corrected chi connectivity index (χ4v) is 1.86. The average Bonchev–Trinajstić information content (AvgIpc) is 2.20. The molecule has 2 N–H and O–H groups in total. The fourth-order valence-electron chi connectivity index (χ4n) is 1.86. The van der Waals surface area contributed by atoms with Crippen LogP contribution < -0.4 is 0 Å². The third-order valence-electron chi connectivity index (χ3n) is 2.99. The molecule has 0 spiro atoms. The number of nitrogens with zero attached hydrogens (tertiary/aromatic N) is 1. The predicted octanol–water partition coefficient (Wildman–Crippen LogP) is -0.391. The zero-order chi connectivity index (χ0) is 13.1. The minimum Gasteiger partial charge on any atom is -0.481 e. The molecule has 7 nitrogen and oxygen atoms in total. The van der Waals surface area contributed by atoms with Crippen molar-refractivity contribution in [1.82, 2.24) is 4.90 Å². The topological polar surface area (TPSA) is 96.3 Å². The Labute approximate surface area is 98.9 Å². The highest BCUT2D eigenvalue weighted by atomic mass is 16.7. The first-order chi connectivity index (χ1) is 7.94. The third-order valence-corrected chi connectivity index (χ3v) is 2.99. The van der Waals surface area contributed by atoms with E-state index in [1.807, 2.05) is 0 Å². The molecule has 0 aromatic rings. The van der Waals surface area contributed by atoms with Crippen LogP contribution in [-0.2, 0) is 19.1 Å². The van der Waals surface area contributed by atoms with Crippen LogP contribution in [0.15, 0.2) is 0 Å². The van der Waals surface area contributed by atoms with Gasteiger partial charge in [0, 0.05) is 20.6 Å². The van der Waals surface area contributed by atoms with Crippen LogP contribution in [0.2, 0.25) is 0 Å². The molecule has 1 unspecified atom stereocenters. The standard InChI is InChI=1S/C10H17NO6/c1-16-10(17-2)5-11(6-10)7(9(14)15)3-4-8(12)13/h7H,3-6H2,1-2H3,(H,12,13)(H,14,15). The molecule has 0 aliphatic carbocycles. The van der Waals surface area contributed by atoms with Crippen molar-refractivity contribution in [3.8, 4) is 0 Å². The second-order valence-corrected chi connectivity index (χ2v) is 4.01. The summed E-state index contributed by atoms with van der Waals surface area (Å²) in [7, 11) is 2.99. The normalized spacial score (nSPS) is 20.6. The van der Waals surface area contributed by atoms with Crippen molar-refractivity contribution in [2.75, 3.05) is 27.3 Å². The Morgan fingerprint density at radius 3 is 2.18 bits per heavy atom. The summed E-state index contributed by atoms with van der Waals surface area (Å²) < 4.78 is 10.3. The second kappa shape index (κ2) is 5.44. The lowest BCUT2D eigenvalue weighted by Gasteiger charge is -2.49. The van der Waals surface area contributed by atoms with Crippen LogP contribution in [0, 0.1) is 0 Å². The van der Waals surface area contributed by atoms with E-state index in [9.17, 15) is 9.59 Å². The van der Waals surface area contributed by atoms with E-state index in [1.54, 1.807) is 4.90 Å². The molecule has 0 amide bonds. The van der Waals surface area contributed by atoms with Gasteiger partial charge in [-0.15, -0.1) is 0 Å². The highest BCUT2D eigenvalue weighted by Gasteiger charge is 2.48. The minimum absolute atomic E-state index is 0.0776. The first-order valence-electron chi connectivity index (χ1n) is 5.23. The quantitative estimate of drug-likeness (QED) is 0.591. The molecule has 1 heterocycles. The zero-order valence-electron chi connectivity index (χ0n) is 9.88. The van der Waals surface area contributed by atoms with Crippen LogP contribution in [-0.4, -0.2) is 66.2 Å². The largest absolute Gasteiger partial charge is 0.481 e. The van der Waals surface area contributed by atoms with Gasteiger partial charge in [-0.3, -0.25) is 14.5 Å². The van der Waals surface area contributed by atoms with Gasteiger partial charge in [0.15, 0.2) is 5.79 Å². The number of hydrogen-bond acceptors (Lipinski definition) is 5. The number of likely N-dealkylation sites (tertiary alicyclic amines) is 1. The van der Waals surface area contributed by atoms with Crippen LogP contribution in [0.5, 0.6) is 0 Å². The minimum atomic E-state index is -1.02. The number of aliphatic carboxylic acids is 2. The Kier molecular flexibility index (Phi) is 4.44. The number of rotatable bonds is 7. The van der Waals surface area contributed by atoms with Crippen LogP contribution >= 0.6 is 0 Å². The Balaban J connectivity index is 2.52. The monoisotopic (exact) mass is 247 g/mol. The van der Waals surface area contributed by atoms with Crippen molar-refractivity contribution < 1.29 is 29.3 Å². The summed E-state index contributed by atoms with van der Waals surface area (Å²) in [5, 5.41) is 17.6. The van der Waals surface area contributed by atoms with Crippen LogP contribution in [0.1, 0.15) is 12.8 Å². The smallest absolute Gasteiger partial charge is 0.320 e. The van der Waals surface area contributed by atoms with E-state index in [-0.39, 0.29) is 12.8 Å². The van der Waals surface area contributed by atoms with E-state index < -0.39 is 23.8 Å². The molecule has 1 atom stereocenters. The SMILES string of the molecule is COC1(OC)CN(C(CCC(=O)O)C(=O)O)C1. The summed E-state index contributed by atoms with van der Waals surface area (Å²) in [6.45, 7) is 0.660. The summed E-state index contributed by atoms with van der Waals surface area (Å²) in [5.74, 6) is -2.77. The first-order valence-corrected chi connectivity index (χ1v) is 5.23. The molecule has 1 fully saturated rings. The highest BCUT2D eigenvalue weighted by molar-refractivity contribution is 5.75. The molecule has 0 saturated carbocycles. The van der Waals surface area contributed by atoms with Crippen LogP contribution in [0.25, 0.3) is 0 Å². The van der Waals surface area contributed by atoms with Crippen molar-refractivity contribution in [2.24, 2.45) is 0 Å². The van der Waals surface area contributed by atoms with Gasteiger partial charge in [-0.05, 0) is 6.42 Å². The maximum Gasteiger partial charge on any atom is 0.320 e. The number of carboxylic acids is 2. The Hall–Kier alpha value is -1.18. The van der Waals surface area contributed by atoms with Crippen molar-refractivity contribution in [1.29, 1.82) is 0 Å². The first kappa shape index (κ1) is 13.9. The lowest BCUT2D eigenvalue weighted by molar-refractivity contribution is -0.281. The van der Waals surface area contributed by atoms with Gasteiger partial charge in [0.25, 0.3) is 0 Å². The highest BCUT2D eigenvalue weighted by Crippen LogP contribution is 2.28. The van der Waals surface area contributed by atoms with E-state index in [2.05, 4.69) is 0 Å². The lowest BCUT2D eigenvalue weighted by atomic mass is 10.0. The average molecular weight is 247 g/mol. The van der Waals surface area contributed by atoms with Gasteiger partial charge in [-0.1, -0.05) is 0 Å². The van der Waals surface area contributed by atoms with E-state index in [1.165, 1.54) is 14.2 Å². The molecule has 0 radical (unpaired) electrons. The summed E-state index contributed by atoms with van der Waals surface area (Å²) in [6, 6.07) is -0.801. The molecule has 98 valence electrons. The molecule has 1 saturated heterocycles. The van der Waals surface area contributed by atoms with Gasteiger partial charge in [0.05, 0.1) is 13.1 Å². The zero-order valence-corrected chi connectivity index (χ0v) is 9.88. The van der Waals surface area contributed by atoms with E-state index >= 15 is 0 Å². The molecule has 1 rings (SSSR count). The van der Waals surface area contributed by atoms with Crippen molar-refractivity contribution in [2.45, 2.75) is 24.7 Å². The molecule has 17 heavy (non-hydrogen) atoms. The summed E-state index contributed by atoms with van der Waals surface area (Å²) in [4.78, 5) is 23.1. The van der Waals surface area contributed by atoms with Gasteiger partial charge in [-0.2, -0.15) is 0 Å².